The Morgan fingerprint density at radius 3 is 2.50 bits per heavy atom. The lowest BCUT2D eigenvalue weighted by atomic mass is 10.1. The third-order valence-corrected chi connectivity index (χ3v) is 5.18. The number of nitrogens with one attached hydrogen (secondary N) is 1. The number of fused-ring (bicyclic) bond motifs is 1. The van der Waals surface area contributed by atoms with Crippen LogP contribution in [0.25, 0.3) is 16.9 Å². The monoisotopic (exact) mass is 401 g/mol. The molecule has 152 valence electrons. The van der Waals surface area contributed by atoms with E-state index in [2.05, 4.69) is 54.8 Å². The van der Waals surface area contributed by atoms with Crippen molar-refractivity contribution in [3.05, 3.63) is 71.9 Å². The number of benzene rings is 2. The molecule has 1 aliphatic rings. The second-order valence-corrected chi connectivity index (χ2v) is 7.30. The number of anilines is 1. The third-order valence-electron chi connectivity index (χ3n) is 5.18. The number of rotatable bonds is 6. The number of aromatic nitrogens is 5. The summed E-state index contributed by atoms with van der Waals surface area (Å²) in [6.45, 7) is 5.26. The van der Waals surface area contributed by atoms with Gasteiger partial charge in [0.2, 0.25) is 5.95 Å². The first-order valence-corrected chi connectivity index (χ1v) is 10.1. The van der Waals surface area contributed by atoms with Gasteiger partial charge in [-0.1, -0.05) is 47.7 Å². The molecular formula is C22H23N7O. The number of ether oxygens (including phenoxy) is 1. The van der Waals surface area contributed by atoms with Crippen molar-refractivity contribution in [3.63, 3.8) is 0 Å². The van der Waals surface area contributed by atoms with Crippen molar-refractivity contribution in [1.29, 1.82) is 0 Å². The Bertz CT molecular complexity index is 1110. The van der Waals surface area contributed by atoms with Crippen molar-refractivity contribution < 1.29 is 4.74 Å². The average Bonchev–Trinajstić information content (AvgIpc) is 3.23. The van der Waals surface area contributed by atoms with Gasteiger partial charge in [-0.2, -0.15) is 9.67 Å². The topological polar surface area (TPSA) is 81.0 Å². The van der Waals surface area contributed by atoms with Crippen LogP contribution < -0.4 is 5.32 Å². The van der Waals surface area contributed by atoms with Crippen LogP contribution in [0.2, 0.25) is 0 Å². The van der Waals surface area contributed by atoms with Crippen molar-refractivity contribution >= 4 is 17.1 Å². The summed E-state index contributed by atoms with van der Waals surface area (Å²) in [4.78, 5) is 11.4. The fourth-order valence-electron chi connectivity index (χ4n) is 3.52. The van der Waals surface area contributed by atoms with Gasteiger partial charge in [0.05, 0.1) is 25.1 Å². The molecule has 5 rings (SSSR count). The number of hydrogen-bond donors (Lipinski definition) is 1. The van der Waals surface area contributed by atoms with Crippen LogP contribution in [0.1, 0.15) is 11.1 Å². The Balaban J connectivity index is 1.26. The molecule has 1 fully saturated rings. The highest BCUT2D eigenvalue weighted by Gasteiger charge is 2.11. The fourth-order valence-corrected chi connectivity index (χ4v) is 3.52. The summed E-state index contributed by atoms with van der Waals surface area (Å²) in [5.41, 5.74) is 4.76. The Morgan fingerprint density at radius 1 is 0.933 bits per heavy atom. The SMILES string of the molecule is c1ccc(-n2nnc3cnc(NCc4ccc(CN5CCOCC5)cc4)nc32)cc1. The maximum absolute atomic E-state index is 5.41. The molecule has 1 saturated heterocycles. The molecule has 1 aliphatic heterocycles. The lowest BCUT2D eigenvalue weighted by Crippen LogP contribution is -2.35. The van der Waals surface area contributed by atoms with Crippen LogP contribution in [0, 0.1) is 0 Å². The minimum absolute atomic E-state index is 0.555. The van der Waals surface area contributed by atoms with Gasteiger partial charge in [0.25, 0.3) is 0 Å². The number of hydrogen-bond acceptors (Lipinski definition) is 7. The second kappa shape index (κ2) is 8.56. The molecular weight excluding hydrogens is 378 g/mol. The minimum atomic E-state index is 0.555. The number of nitrogens with zero attached hydrogens (tertiary/aromatic N) is 6. The van der Waals surface area contributed by atoms with E-state index in [0.29, 0.717) is 23.7 Å². The van der Waals surface area contributed by atoms with Gasteiger partial charge in [-0.15, -0.1) is 5.10 Å². The predicted octanol–water partition coefficient (Wildman–Crippen LogP) is 2.65. The van der Waals surface area contributed by atoms with Gasteiger partial charge in [0.15, 0.2) is 11.2 Å². The first-order valence-electron chi connectivity index (χ1n) is 10.1. The summed E-state index contributed by atoms with van der Waals surface area (Å²) in [6, 6.07) is 18.5. The Labute approximate surface area is 174 Å². The molecule has 30 heavy (non-hydrogen) atoms. The molecule has 2 aromatic carbocycles. The van der Waals surface area contributed by atoms with Crippen LogP contribution in [0.5, 0.6) is 0 Å². The van der Waals surface area contributed by atoms with Gasteiger partial charge in [-0.05, 0) is 23.3 Å². The molecule has 2 aromatic heterocycles. The molecule has 0 spiro atoms. The van der Waals surface area contributed by atoms with Crippen LogP contribution in [-0.4, -0.2) is 56.2 Å². The van der Waals surface area contributed by atoms with Crippen LogP contribution in [0.15, 0.2) is 60.8 Å². The molecule has 1 N–H and O–H groups in total. The van der Waals surface area contributed by atoms with Gasteiger partial charge in [0.1, 0.15) is 0 Å². The van der Waals surface area contributed by atoms with Crippen molar-refractivity contribution in [2.24, 2.45) is 0 Å². The largest absolute Gasteiger partial charge is 0.379 e. The van der Waals surface area contributed by atoms with E-state index in [9.17, 15) is 0 Å². The highest BCUT2D eigenvalue weighted by atomic mass is 16.5. The van der Waals surface area contributed by atoms with Crippen LogP contribution in [-0.2, 0) is 17.8 Å². The predicted molar refractivity (Wildman–Crippen MR) is 114 cm³/mol. The van der Waals surface area contributed by atoms with Crippen LogP contribution in [0.3, 0.4) is 0 Å². The molecule has 0 bridgehead atoms. The van der Waals surface area contributed by atoms with Gasteiger partial charge in [-0.25, -0.2) is 4.98 Å². The van der Waals surface area contributed by atoms with Crippen LogP contribution in [0.4, 0.5) is 5.95 Å². The Kier molecular flexibility index (Phi) is 5.32. The average molecular weight is 401 g/mol. The standard InChI is InChI=1S/C22H23N7O/c1-2-4-19(5-3-1)29-21-20(26-27-29)15-24-22(25-21)23-14-17-6-8-18(9-7-17)16-28-10-12-30-13-11-28/h1-9,15H,10-14,16H2,(H,23,24,25). The highest BCUT2D eigenvalue weighted by Crippen LogP contribution is 2.16. The van der Waals surface area contributed by atoms with Gasteiger partial charge < -0.3 is 10.1 Å². The van der Waals surface area contributed by atoms with Crippen molar-refractivity contribution in [1.82, 2.24) is 29.9 Å². The van der Waals surface area contributed by atoms with Gasteiger partial charge in [-0.3, -0.25) is 4.90 Å². The molecule has 0 amide bonds. The fraction of sp³-hybridized carbons (Fsp3) is 0.273. The number of morpholine rings is 1. The van der Waals surface area contributed by atoms with E-state index in [1.165, 1.54) is 11.1 Å². The van der Waals surface area contributed by atoms with Crippen molar-refractivity contribution in [2.45, 2.75) is 13.1 Å². The summed E-state index contributed by atoms with van der Waals surface area (Å²) in [5.74, 6) is 0.555. The third kappa shape index (κ3) is 4.14. The summed E-state index contributed by atoms with van der Waals surface area (Å²) in [6.07, 6.45) is 1.70. The molecule has 8 heteroatoms. The molecule has 0 unspecified atom stereocenters. The molecule has 4 aromatic rings. The Morgan fingerprint density at radius 2 is 1.70 bits per heavy atom. The molecule has 0 saturated carbocycles. The van der Waals surface area contributed by atoms with E-state index >= 15 is 0 Å². The quantitative estimate of drug-likeness (QED) is 0.532. The molecule has 8 nitrogen and oxygen atoms in total. The smallest absolute Gasteiger partial charge is 0.225 e. The first-order chi connectivity index (χ1) is 14.8. The number of para-hydroxylation sites is 1. The van der Waals surface area contributed by atoms with Gasteiger partial charge in [0, 0.05) is 26.2 Å². The van der Waals surface area contributed by atoms with E-state index in [-0.39, 0.29) is 0 Å². The lowest BCUT2D eigenvalue weighted by Gasteiger charge is -2.26. The van der Waals surface area contributed by atoms with E-state index in [1.807, 2.05) is 30.3 Å². The second-order valence-electron chi connectivity index (χ2n) is 7.30. The van der Waals surface area contributed by atoms with E-state index in [1.54, 1.807) is 10.9 Å². The van der Waals surface area contributed by atoms with Crippen molar-refractivity contribution in [3.8, 4) is 5.69 Å². The minimum Gasteiger partial charge on any atom is -0.379 e. The summed E-state index contributed by atoms with van der Waals surface area (Å²) < 4.78 is 7.14. The summed E-state index contributed by atoms with van der Waals surface area (Å²) in [5, 5.41) is 11.7. The maximum atomic E-state index is 5.41. The summed E-state index contributed by atoms with van der Waals surface area (Å²) in [7, 11) is 0. The molecule has 0 radical (unpaired) electrons. The maximum Gasteiger partial charge on any atom is 0.225 e. The first kappa shape index (κ1) is 18.7. The zero-order valence-corrected chi connectivity index (χ0v) is 16.6. The van der Waals surface area contributed by atoms with E-state index < -0.39 is 0 Å². The lowest BCUT2D eigenvalue weighted by molar-refractivity contribution is 0.0342. The molecule has 0 atom stereocenters. The molecule has 3 heterocycles. The van der Waals surface area contributed by atoms with Crippen molar-refractivity contribution in [2.75, 3.05) is 31.6 Å². The summed E-state index contributed by atoms with van der Waals surface area (Å²) >= 11 is 0. The normalized spacial score (nSPS) is 14.8. The van der Waals surface area contributed by atoms with Crippen LogP contribution >= 0.6 is 0 Å². The highest BCUT2D eigenvalue weighted by molar-refractivity contribution is 5.71. The molecule has 0 aliphatic carbocycles. The Hall–Kier alpha value is -3.36. The zero-order valence-electron chi connectivity index (χ0n) is 16.6. The zero-order chi connectivity index (χ0) is 20.2. The van der Waals surface area contributed by atoms with Gasteiger partial charge >= 0.3 is 0 Å². The van der Waals surface area contributed by atoms with E-state index in [4.69, 9.17) is 4.74 Å². The van der Waals surface area contributed by atoms with E-state index in [0.717, 1.165) is 38.5 Å².